The van der Waals surface area contributed by atoms with Crippen LogP contribution < -0.4 is 4.74 Å². The Labute approximate surface area is 116 Å². The Kier molecular flexibility index (Phi) is 2.59. The molecule has 2 aliphatic rings. The Balaban J connectivity index is 2.23. The van der Waals surface area contributed by atoms with Crippen molar-refractivity contribution in [3.63, 3.8) is 0 Å². The minimum absolute atomic E-state index is 0.163. The summed E-state index contributed by atoms with van der Waals surface area (Å²) in [6, 6.07) is 4.23. The number of halogens is 1. The molecule has 3 heteroatoms. The fourth-order valence-electron chi connectivity index (χ4n) is 3.72. The molecule has 1 fully saturated rings. The van der Waals surface area contributed by atoms with Crippen LogP contribution in [0.1, 0.15) is 37.8 Å². The molecule has 0 bridgehead atoms. The molecule has 0 aromatic heterocycles. The largest absolute Gasteiger partial charge is 0.486 e. The lowest BCUT2D eigenvalue weighted by Crippen LogP contribution is -2.50. The van der Waals surface area contributed by atoms with Gasteiger partial charge in [-0.25, -0.2) is 0 Å². The number of aliphatic hydroxyl groups excluding tert-OH is 1. The maximum atomic E-state index is 10.0. The zero-order chi connectivity index (χ0) is 13.1. The SMILES string of the molecule is Cc1cc2c(cc1Br)[C@]1(CO)CCC(C)[C@]1(C)O2. The maximum absolute atomic E-state index is 10.0. The Hall–Kier alpha value is -0.540. The Bertz CT molecular complexity index is 513. The van der Waals surface area contributed by atoms with Gasteiger partial charge in [0.2, 0.25) is 0 Å². The van der Waals surface area contributed by atoms with Crippen molar-refractivity contribution in [2.45, 2.75) is 44.6 Å². The molecule has 1 unspecified atom stereocenters. The molecule has 3 atom stereocenters. The highest BCUT2D eigenvalue weighted by Gasteiger charge is 2.63. The molecule has 2 nitrogen and oxygen atoms in total. The third-order valence-corrected chi connectivity index (χ3v) is 6.12. The van der Waals surface area contributed by atoms with Crippen LogP contribution >= 0.6 is 15.9 Å². The number of rotatable bonds is 1. The van der Waals surface area contributed by atoms with E-state index < -0.39 is 0 Å². The second-order valence-electron chi connectivity index (χ2n) is 5.99. The van der Waals surface area contributed by atoms with Crippen molar-refractivity contribution in [2.24, 2.45) is 5.92 Å². The van der Waals surface area contributed by atoms with Gasteiger partial charge in [0.1, 0.15) is 11.4 Å². The highest BCUT2D eigenvalue weighted by molar-refractivity contribution is 9.10. The van der Waals surface area contributed by atoms with Gasteiger partial charge in [0.05, 0.1) is 12.0 Å². The van der Waals surface area contributed by atoms with Crippen molar-refractivity contribution in [3.05, 3.63) is 27.7 Å². The van der Waals surface area contributed by atoms with E-state index in [9.17, 15) is 5.11 Å². The van der Waals surface area contributed by atoms with E-state index in [-0.39, 0.29) is 17.6 Å². The van der Waals surface area contributed by atoms with Gasteiger partial charge in [-0.3, -0.25) is 0 Å². The van der Waals surface area contributed by atoms with E-state index in [4.69, 9.17) is 4.74 Å². The Morgan fingerprint density at radius 3 is 2.89 bits per heavy atom. The van der Waals surface area contributed by atoms with Crippen LogP contribution in [0.2, 0.25) is 0 Å². The van der Waals surface area contributed by atoms with Crippen molar-refractivity contribution in [3.8, 4) is 5.75 Å². The molecule has 1 aromatic rings. The molecule has 3 rings (SSSR count). The summed E-state index contributed by atoms with van der Waals surface area (Å²) in [4.78, 5) is 0. The monoisotopic (exact) mass is 310 g/mol. The minimum Gasteiger partial charge on any atom is -0.486 e. The maximum Gasteiger partial charge on any atom is 0.124 e. The van der Waals surface area contributed by atoms with Crippen LogP contribution in [0, 0.1) is 12.8 Å². The van der Waals surface area contributed by atoms with Crippen LogP contribution in [0.25, 0.3) is 0 Å². The van der Waals surface area contributed by atoms with Gasteiger partial charge in [-0.2, -0.15) is 0 Å². The van der Waals surface area contributed by atoms with E-state index >= 15 is 0 Å². The highest BCUT2D eigenvalue weighted by Crippen LogP contribution is 2.60. The molecule has 1 saturated carbocycles. The van der Waals surface area contributed by atoms with Gasteiger partial charge in [-0.15, -0.1) is 0 Å². The molecule has 1 aliphatic carbocycles. The first-order chi connectivity index (χ1) is 8.44. The predicted octanol–water partition coefficient (Wildman–Crippen LogP) is 3.57. The molecule has 98 valence electrons. The second-order valence-corrected chi connectivity index (χ2v) is 6.84. The molecular formula is C15H19BrO2. The second kappa shape index (κ2) is 3.73. The summed E-state index contributed by atoms with van der Waals surface area (Å²) in [6.45, 7) is 6.62. The van der Waals surface area contributed by atoms with E-state index in [2.05, 4.69) is 48.8 Å². The number of benzene rings is 1. The lowest BCUT2D eigenvalue weighted by atomic mass is 9.70. The topological polar surface area (TPSA) is 29.5 Å². The molecule has 1 aromatic carbocycles. The van der Waals surface area contributed by atoms with Crippen LogP contribution in [0.3, 0.4) is 0 Å². The van der Waals surface area contributed by atoms with Gasteiger partial charge in [-0.05, 0) is 50.3 Å². The van der Waals surface area contributed by atoms with Crippen molar-refractivity contribution >= 4 is 15.9 Å². The van der Waals surface area contributed by atoms with Crippen molar-refractivity contribution < 1.29 is 9.84 Å². The number of hydrogen-bond donors (Lipinski definition) is 1. The number of ether oxygens (including phenoxy) is 1. The molecule has 0 amide bonds. The lowest BCUT2D eigenvalue weighted by molar-refractivity contribution is -0.00120. The molecule has 0 spiro atoms. The first-order valence-electron chi connectivity index (χ1n) is 6.55. The average Bonchev–Trinajstić information content (AvgIpc) is 2.71. The lowest BCUT2D eigenvalue weighted by Gasteiger charge is -2.37. The van der Waals surface area contributed by atoms with Gasteiger partial charge < -0.3 is 9.84 Å². The zero-order valence-electron chi connectivity index (χ0n) is 11.1. The van der Waals surface area contributed by atoms with E-state index in [1.807, 2.05) is 0 Å². The van der Waals surface area contributed by atoms with E-state index in [1.54, 1.807) is 0 Å². The summed E-state index contributed by atoms with van der Waals surface area (Å²) in [5.41, 5.74) is 1.86. The first kappa shape index (κ1) is 12.5. The summed E-state index contributed by atoms with van der Waals surface area (Å²) >= 11 is 3.59. The molecule has 1 aliphatic heterocycles. The quantitative estimate of drug-likeness (QED) is 0.859. The number of hydrogen-bond acceptors (Lipinski definition) is 2. The summed E-state index contributed by atoms with van der Waals surface area (Å²) in [5.74, 6) is 1.43. The molecular weight excluding hydrogens is 292 g/mol. The smallest absolute Gasteiger partial charge is 0.124 e. The predicted molar refractivity (Wildman–Crippen MR) is 75.1 cm³/mol. The van der Waals surface area contributed by atoms with E-state index in [0.29, 0.717) is 5.92 Å². The highest BCUT2D eigenvalue weighted by atomic mass is 79.9. The van der Waals surface area contributed by atoms with Gasteiger partial charge in [0.15, 0.2) is 0 Å². The van der Waals surface area contributed by atoms with Crippen LogP contribution in [-0.4, -0.2) is 17.3 Å². The minimum atomic E-state index is -0.267. The molecule has 1 heterocycles. The van der Waals surface area contributed by atoms with Crippen LogP contribution in [0.5, 0.6) is 5.75 Å². The van der Waals surface area contributed by atoms with Gasteiger partial charge in [0, 0.05) is 10.0 Å². The van der Waals surface area contributed by atoms with Gasteiger partial charge in [-0.1, -0.05) is 22.9 Å². The molecule has 0 saturated heterocycles. The standard InChI is InChI=1S/C15H19BrO2/c1-9-6-13-11(7-12(9)16)15(8-17)5-4-10(2)14(15,3)18-13/h6-7,10,17H,4-5,8H2,1-3H3/t10?,14-,15+/m0/s1. The third-order valence-electron chi connectivity index (χ3n) is 5.26. The van der Waals surface area contributed by atoms with E-state index in [0.717, 1.165) is 23.1 Å². The number of aliphatic hydroxyl groups is 1. The number of fused-ring (bicyclic) bond motifs is 3. The first-order valence-corrected chi connectivity index (χ1v) is 7.34. The van der Waals surface area contributed by atoms with Crippen LogP contribution in [0.4, 0.5) is 0 Å². The summed E-state index contributed by atoms with van der Waals surface area (Å²) in [5, 5.41) is 10.0. The fourth-order valence-corrected chi connectivity index (χ4v) is 4.06. The van der Waals surface area contributed by atoms with Crippen molar-refractivity contribution in [1.29, 1.82) is 0 Å². The Morgan fingerprint density at radius 1 is 1.50 bits per heavy atom. The van der Waals surface area contributed by atoms with Crippen LogP contribution in [-0.2, 0) is 5.41 Å². The fraction of sp³-hybridized carbons (Fsp3) is 0.600. The van der Waals surface area contributed by atoms with Crippen LogP contribution in [0.15, 0.2) is 16.6 Å². The number of aryl methyl sites for hydroxylation is 1. The summed E-state index contributed by atoms with van der Waals surface area (Å²) < 4.78 is 7.38. The summed E-state index contributed by atoms with van der Waals surface area (Å²) in [7, 11) is 0. The average molecular weight is 311 g/mol. The Morgan fingerprint density at radius 2 is 2.22 bits per heavy atom. The molecule has 18 heavy (non-hydrogen) atoms. The zero-order valence-corrected chi connectivity index (χ0v) is 12.7. The summed E-state index contributed by atoms with van der Waals surface area (Å²) in [6.07, 6.45) is 2.12. The third kappa shape index (κ3) is 1.27. The molecule has 0 radical (unpaired) electrons. The molecule has 1 N–H and O–H groups in total. The van der Waals surface area contributed by atoms with E-state index in [1.165, 1.54) is 11.1 Å². The van der Waals surface area contributed by atoms with Gasteiger partial charge >= 0.3 is 0 Å². The van der Waals surface area contributed by atoms with Gasteiger partial charge in [0.25, 0.3) is 0 Å². The van der Waals surface area contributed by atoms with Crippen molar-refractivity contribution in [2.75, 3.05) is 6.61 Å². The van der Waals surface area contributed by atoms with Crippen molar-refractivity contribution in [1.82, 2.24) is 0 Å². The normalized spacial score (nSPS) is 37.3.